The van der Waals surface area contributed by atoms with E-state index in [1.165, 1.54) is 11.1 Å². The Bertz CT molecular complexity index is 1180. The predicted octanol–water partition coefficient (Wildman–Crippen LogP) is 7.53. The fourth-order valence-electron chi connectivity index (χ4n) is 4.95. The zero-order valence-corrected chi connectivity index (χ0v) is 22.5. The first-order chi connectivity index (χ1) is 17.0. The molecule has 194 valence electrons. The van der Waals surface area contributed by atoms with Gasteiger partial charge in [-0.1, -0.05) is 44.2 Å². The van der Waals surface area contributed by atoms with Crippen LogP contribution in [0.5, 0.6) is 5.75 Å². The number of hydrogen-bond donors (Lipinski definition) is 2. The largest absolute Gasteiger partial charge is 0.493 e. The number of carbonyl (C=O) groups is 1. The van der Waals surface area contributed by atoms with Gasteiger partial charge in [-0.2, -0.15) is 0 Å². The summed E-state index contributed by atoms with van der Waals surface area (Å²) in [5.41, 5.74) is 4.63. The molecule has 0 radical (unpaired) electrons. The van der Waals surface area contributed by atoms with Crippen molar-refractivity contribution in [2.24, 2.45) is 0 Å². The van der Waals surface area contributed by atoms with Gasteiger partial charge in [-0.3, -0.25) is 4.79 Å². The van der Waals surface area contributed by atoms with Gasteiger partial charge in [0.1, 0.15) is 22.9 Å². The van der Waals surface area contributed by atoms with E-state index in [0.717, 1.165) is 47.5 Å². The Balaban J connectivity index is 1.86. The third kappa shape index (κ3) is 6.01. The molecule has 3 rings (SSSR count). The molecule has 0 aliphatic rings. The van der Waals surface area contributed by atoms with Gasteiger partial charge in [0, 0.05) is 17.4 Å². The molecule has 0 atom stereocenters. The number of carboxylic acids is 1. The number of hydrogen-bond acceptors (Lipinski definition) is 4. The second-order valence-electron chi connectivity index (χ2n) is 10.2. The SMILES string of the molecule is CCC(CC)(c1ccc(OCCCCC(=O)O)c(C)c1)c1ccc(-c2ccc(C(C)(C)O)o2)c(C)c1. The van der Waals surface area contributed by atoms with Gasteiger partial charge in [-0.05, 0) is 93.8 Å². The van der Waals surface area contributed by atoms with E-state index in [-0.39, 0.29) is 11.8 Å². The number of aliphatic carboxylic acids is 1. The van der Waals surface area contributed by atoms with Crippen molar-refractivity contribution in [1.29, 1.82) is 0 Å². The number of carboxylic acid groups (broad SMARTS) is 1. The van der Waals surface area contributed by atoms with Crippen molar-refractivity contribution in [1.82, 2.24) is 0 Å². The van der Waals surface area contributed by atoms with Gasteiger partial charge in [-0.25, -0.2) is 0 Å². The average molecular weight is 493 g/mol. The van der Waals surface area contributed by atoms with Gasteiger partial charge < -0.3 is 19.4 Å². The lowest BCUT2D eigenvalue weighted by atomic mass is 9.70. The predicted molar refractivity (Wildman–Crippen MR) is 144 cm³/mol. The second kappa shape index (κ2) is 11.3. The lowest BCUT2D eigenvalue weighted by molar-refractivity contribution is -0.137. The van der Waals surface area contributed by atoms with E-state index < -0.39 is 11.6 Å². The maximum atomic E-state index is 10.7. The highest BCUT2D eigenvalue weighted by Crippen LogP contribution is 2.42. The van der Waals surface area contributed by atoms with Crippen molar-refractivity contribution >= 4 is 5.97 Å². The van der Waals surface area contributed by atoms with E-state index in [1.807, 2.05) is 18.2 Å². The molecule has 3 aromatic rings. The molecule has 0 aliphatic carbocycles. The van der Waals surface area contributed by atoms with Gasteiger partial charge in [0.05, 0.1) is 6.61 Å². The molecule has 0 saturated heterocycles. The number of unbranched alkanes of at least 4 members (excludes halogenated alkanes) is 1. The normalized spacial score (nSPS) is 12.1. The third-order valence-corrected chi connectivity index (χ3v) is 7.23. The number of ether oxygens (including phenoxy) is 1. The smallest absolute Gasteiger partial charge is 0.303 e. The van der Waals surface area contributed by atoms with Crippen LogP contribution in [-0.2, 0) is 15.8 Å². The van der Waals surface area contributed by atoms with Crippen LogP contribution in [0.2, 0.25) is 0 Å². The molecule has 0 bridgehead atoms. The van der Waals surface area contributed by atoms with Crippen LogP contribution in [-0.4, -0.2) is 22.8 Å². The fourth-order valence-corrected chi connectivity index (χ4v) is 4.95. The molecule has 5 nitrogen and oxygen atoms in total. The minimum Gasteiger partial charge on any atom is -0.493 e. The van der Waals surface area contributed by atoms with Crippen molar-refractivity contribution in [3.63, 3.8) is 0 Å². The van der Waals surface area contributed by atoms with Crippen LogP contribution >= 0.6 is 0 Å². The number of rotatable bonds is 12. The van der Waals surface area contributed by atoms with Crippen LogP contribution in [0.4, 0.5) is 0 Å². The molecule has 0 spiro atoms. The Morgan fingerprint density at radius 1 is 0.917 bits per heavy atom. The molecule has 0 aliphatic heterocycles. The second-order valence-corrected chi connectivity index (χ2v) is 10.2. The molecular formula is C31H40O5. The van der Waals surface area contributed by atoms with Crippen molar-refractivity contribution in [3.8, 4) is 17.1 Å². The summed E-state index contributed by atoms with van der Waals surface area (Å²) < 4.78 is 11.9. The van der Waals surface area contributed by atoms with E-state index in [9.17, 15) is 9.90 Å². The Labute approximate surface area is 215 Å². The highest BCUT2D eigenvalue weighted by molar-refractivity contribution is 5.66. The van der Waals surface area contributed by atoms with E-state index >= 15 is 0 Å². The zero-order chi connectivity index (χ0) is 26.5. The summed E-state index contributed by atoms with van der Waals surface area (Å²) in [6.07, 6.45) is 3.44. The van der Waals surface area contributed by atoms with Gasteiger partial charge in [0.15, 0.2) is 0 Å². The molecule has 1 aromatic heterocycles. The average Bonchev–Trinajstić information content (AvgIpc) is 3.32. The van der Waals surface area contributed by atoms with E-state index in [2.05, 4.69) is 58.0 Å². The maximum absolute atomic E-state index is 10.7. The summed E-state index contributed by atoms with van der Waals surface area (Å²) >= 11 is 0. The fraction of sp³-hybridized carbons (Fsp3) is 0.452. The molecule has 0 saturated carbocycles. The van der Waals surface area contributed by atoms with Gasteiger partial charge >= 0.3 is 5.97 Å². The molecule has 36 heavy (non-hydrogen) atoms. The van der Waals surface area contributed by atoms with Crippen LogP contribution in [0.3, 0.4) is 0 Å². The number of benzene rings is 2. The van der Waals surface area contributed by atoms with Gasteiger partial charge in [0.2, 0.25) is 0 Å². The molecule has 2 N–H and O–H groups in total. The first kappa shape index (κ1) is 27.5. The van der Waals surface area contributed by atoms with Crippen molar-refractivity contribution in [2.45, 2.75) is 84.7 Å². The summed E-state index contributed by atoms with van der Waals surface area (Å²) in [5.74, 6) is 1.40. The van der Waals surface area contributed by atoms with Crippen molar-refractivity contribution in [2.75, 3.05) is 6.61 Å². The first-order valence-corrected chi connectivity index (χ1v) is 12.9. The zero-order valence-electron chi connectivity index (χ0n) is 22.5. The summed E-state index contributed by atoms with van der Waals surface area (Å²) in [7, 11) is 0. The van der Waals surface area contributed by atoms with Crippen LogP contribution in [0.15, 0.2) is 52.9 Å². The van der Waals surface area contributed by atoms with Gasteiger partial charge in [-0.15, -0.1) is 0 Å². The topological polar surface area (TPSA) is 79.9 Å². The molecule has 1 heterocycles. The third-order valence-electron chi connectivity index (χ3n) is 7.23. The standard InChI is InChI=1S/C31H40O5/c1-7-31(8-2,24-13-15-26(22(4)20-24)35-18-10-9-11-29(32)33)23-12-14-25(21(3)19-23)27-16-17-28(36-27)30(5,6)34/h12-17,19-20,34H,7-11,18H2,1-6H3,(H,32,33). The maximum Gasteiger partial charge on any atom is 0.303 e. The Morgan fingerprint density at radius 2 is 1.56 bits per heavy atom. The van der Waals surface area contributed by atoms with Crippen LogP contribution in [0, 0.1) is 13.8 Å². The van der Waals surface area contributed by atoms with Crippen LogP contribution in [0.1, 0.15) is 87.8 Å². The highest BCUT2D eigenvalue weighted by atomic mass is 16.5. The summed E-state index contributed by atoms with van der Waals surface area (Å²) in [5, 5.41) is 19.1. The quantitative estimate of drug-likeness (QED) is 0.255. The van der Waals surface area contributed by atoms with E-state index in [0.29, 0.717) is 18.8 Å². The molecule has 2 aromatic carbocycles. The highest BCUT2D eigenvalue weighted by Gasteiger charge is 2.32. The minimum absolute atomic E-state index is 0.129. The van der Waals surface area contributed by atoms with E-state index in [4.69, 9.17) is 14.3 Å². The number of aryl methyl sites for hydroxylation is 2. The summed E-state index contributed by atoms with van der Waals surface area (Å²) in [4.78, 5) is 10.7. The molecule has 0 fully saturated rings. The van der Waals surface area contributed by atoms with Crippen molar-refractivity contribution < 1.29 is 24.2 Å². The first-order valence-electron chi connectivity index (χ1n) is 12.9. The van der Waals surface area contributed by atoms with Crippen LogP contribution < -0.4 is 4.74 Å². The minimum atomic E-state index is -1.02. The Kier molecular flexibility index (Phi) is 8.67. The Hall–Kier alpha value is -3.05. The van der Waals surface area contributed by atoms with Crippen molar-refractivity contribution in [3.05, 3.63) is 76.5 Å². The molecule has 0 unspecified atom stereocenters. The molecule has 5 heteroatoms. The number of furan rings is 1. The molecule has 0 amide bonds. The van der Waals surface area contributed by atoms with Gasteiger partial charge in [0.25, 0.3) is 0 Å². The lowest BCUT2D eigenvalue weighted by Gasteiger charge is -2.34. The molecular weight excluding hydrogens is 452 g/mol. The number of aliphatic hydroxyl groups is 1. The van der Waals surface area contributed by atoms with E-state index in [1.54, 1.807) is 13.8 Å². The summed E-state index contributed by atoms with van der Waals surface area (Å²) in [6.45, 7) is 12.6. The van der Waals surface area contributed by atoms with Crippen LogP contribution in [0.25, 0.3) is 11.3 Å². The Morgan fingerprint density at radius 3 is 2.08 bits per heavy atom. The monoisotopic (exact) mass is 492 g/mol. The summed E-state index contributed by atoms with van der Waals surface area (Å²) in [6, 6.07) is 16.8. The lowest BCUT2D eigenvalue weighted by Crippen LogP contribution is -2.26.